The van der Waals surface area contributed by atoms with Gasteiger partial charge in [-0.05, 0) is 46.2 Å². The molecule has 8 rings (SSSR count). The van der Waals surface area contributed by atoms with E-state index >= 15 is 0 Å². The Hall–Kier alpha value is -5.54. The van der Waals surface area contributed by atoms with Crippen molar-refractivity contribution in [3.8, 4) is 39.5 Å². The maximum atomic E-state index is 8.85. The van der Waals surface area contributed by atoms with E-state index in [0.717, 1.165) is 55.1 Å². The number of benzene rings is 6. The Balaban J connectivity index is 1.55. The molecule has 0 amide bonds. The first kappa shape index (κ1) is 18.7. The second-order valence-corrected chi connectivity index (χ2v) is 9.83. The van der Waals surface area contributed by atoms with Crippen molar-refractivity contribution < 1.29 is 6.85 Å². The van der Waals surface area contributed by atoms with Crippen LogP contribution in [0.5, 0.6) is 0 Å². The lowest BCUT2D eigenvalue weighted by Crippen LogP contribution is -2.02. The van der Waals surface area contributed by atoms with Crippen LogP contribution in [0.3, 0.4) is 0 Å². The van der Waals surface area contributed by atoms with Gasteiger partial charge in [0.25, 0.3) is 0 Å². The van der Waals surface area contributed by atoms with Gasteiger partial charge in [0.2, 0.25) is 0 Å². The lowest BCUT2D eigenvalue weighted by atomic mass is 9.87. The van der Waals surface area contributed by atoms with E-state index in [4.69, 9.17) is 11.8 Å². The number of aromatic nitrogens is 3. The van der Waals surface area contributed by atoms with Crippen LogP contribution >= 0.6 is 0 Å². The van der Waals surface area contributed by atoms with Crippen molar-refractivity contribution in [1.29, 1.82) is 0 Å². The van der Waals surface area contributed by atoms with Gasteiger partial charge in [-0.15, -0.1) is 0 Å². The van der Waals surface area contributed by atoms with Gasteiger partial charge in [-0.25, -0.2) is 4.98 Å². The van der Waals surface area contributed by atoms with Crippen molar-refractivity contribution in [3.05, 3.63) is 152 Å². The summed E-state index contributed by atoms with van der Waals surface area (Å²) in [6.07, 6.45) is 1.80. The monoisotopic (exact) mass is 528 g/mol. The van der Waals surface area contributed by atoms with E-state index in [1.54, 1.807) is 6.20 Å². The van der Waals surface area contributed by atoms with Crippen molar-refractivity contribution in [1.82, 2.24) is 14.5 Å². The Morgan fingerprint density at radius 1 is 0.561 bits per heavy atom. The molecule has 2 aromatic heterocycles. The number of hydrogen-bond acceptors (Lipinski definition) is 2. The molecule has 0 fully saturated rings. The van der Waals surface area contributed by atoms with Crippen LogP contribution in [-0.2, 0) is 0 Å². The van der Waals surface area contributed by atoms with E-state index in [2.05, 4.69) is 41.4 Å². The number of hydrogen-bond donors (Lipinski definition) is 0. The van der Waals surface area contributed by atoms with Crippen LogP contribution in [0.4, 0.5) is 0 Å². The Kier molecular flexibility index (Phi) is 4.37. The first-order chi connectivity index (χ1) is 22.5. The third kappa shape index (κ3) is 3.75. The first-order valence-electron chi connectivity index (χ1n) is 15.9. The summed E-state index contributed by atoms with van der Waals surface area (Å²) in [7, 11) is 0. The standard InChI is InChI=1S/C38H25N3/c1-2-14-26(15-3-1)38-40-34-23-10-11-24-35(34)41(38)37-31-20-8-6-18-29(31)36(30-19-7-9-21-32(30)37)28-17-5-4-16-27(28)33-22-12-13-25-39-33/h1-25H/i1D,2D,3D,14D,15D. The molecule has 0 saturated carbocycles. The highest BCUT2D eigenvalue weighted by molar-refractivity contribution is 6.20. The molecule has 0 aliphatic carbocycles. The van der Waals surface area contributed by atoms with Crippen LogP contribution in [0.25, 0.3) is 72.0 Å². The van der Waals surface area contributed by atoms with Gasteiger partial charge < -0.3 is 0 Å². The molecule has 0 aliphatic heterocycles. The maximum absolute atomic E-state index is 8.85. The Bertz CT molecular complexity index is 2400. The molecule has 0 aliphatic rings. The summed E-state index contributed by atoms with van der Waals surface area (Å²) in [5, 5.41) is 3.88. The van der Waals surface area contributed by atoms with E-state index in [1.165, 1.54) is 0 Å². The summed E-state index contributed by atoms with van der Waals surface area (Å²) >= 11 is 0. The zero-order chi connectivity index (χ0) is 31.5. The van der Waals surface area contributed by atoms with Crippen LogP contribution < -0.4 is 0 Å². The minimum Gasteiger partial charge on any atom is -0.291 e. The molecule has 6 aromatic carbocycles. The second-order valence-electron chi connectivity index (χ2n) is 9.83. The number of para-hydroxylation sites is 2. The summed E-state index contributed by atoms with van der Waals surface area (Å²) in [4.78, 5) is 9.61. The minimum absolute atomic E-state index is 0.0555. The van der Waals surface area contributed by atoms with E-state index in [1.807, 2.05) is 83.4 Å². The van der Waals surface area contributed by atoms with Crippen LogP contribution in [0.15, 0.2) is 152 Å². The average Bonchev–Trinajstić information content (AvgIpc) is 3.47. The van der Waals surface area contributed by atoms with Gasteiger partial charge >= 0.3 is 0 Å². The van der Waals surface area contributed by atoms with Crippen LogP contribution in [-0.4, -0.2) is 14.5 Å². The number of imidazole rings is 1. The van der Waals surface area contributed by atoms with E-state index in [-0.39, 0.29) is 23.5 Å². The summed E-state index contributed by atoms with van der Waals surface area (Å²) < 4.78 is 44.7. The van der Waals surface area contributed by atoms with Crippen LogP contribution in [0.1, 0.15) is 6.85 Å². The molecule has 0 radical (unpaired) electrons. The lowest BCUT2D eigenvalue weighted by Gasteiger charge is -2.21. The predicted molar refractivity (Wildman–Crippen MR) is 170 cm³/mol. The van der Waals surface area contributed by atoms with Gasteiger partial charge in [-0.2, -0.15) is 0 Å². The highest BCUT2D eigenvalue weighted by Crippen LogP contribution is 2.45. The molecule has 8 aromatic rings. The lowest BCUT2D eigenvalue weighted by molar-refractivity contribution is 1.13. The van der Waals surface area contributed by atoms with E-state index in [0.29, 0.717) is 5.52 Å². The fourth-order valence-electron chi connectivity index (χ4n) is 5.86. The molecule has 3 heteroatoms. The van der Waals surface area contributed by atoms with Gasteiger partial charge in [-0.1, -0.05) is 121 Å². The topological polar surface area (TPSA) is 30.7 Å². The molecule has 0 atom stereocenters. The fourth-order valence-corrected chi connectivity index (χ4v) is 5.86. The number of rotatable bonds is 4. The maximum Gasteiger partial charge on any atom is 0.145 e. The number of pyridine rings is 1. The Morgan fingerprint density at radius 2 is 1.17 bits per heavy atom. The third-order valence-corrected chi connectivity index (χ3v) is 7.55. The minimum atomic E-state index is -0.437. The van der Waals surface area contributed by atoms with Crippen molar-refractivity contribution in [2.24, 2.45) is 0 Å². The largest absolute Gasteiger partial charge is 0.291 e. The van der Waals surface area contributed by atoms with Crippen molar-refractivity contribution >= 4 is 32.6 Å². The van der Waals surface area contributed by atoms with Crippen molar-refractivity contribution in [2.45, 2.75) is 0 Å². The van der Waals surface area contributed by atoms with E-state index in [9.17, 15) is 0 Å². The quantitative estimate of drug-likeness (QED) is 0.213. The molecule has 3 nitrogen and oxygen atoms in total. The van der Waals surface area contributed by atoms with Gasteiger partial charge in [0.15, 0.2) is 0 Å². The molecule has 192 valence electrons. The third-order valence-electron chi connectivity index (χ3n) is 7.55. The summed E-state index contributed by atoms with van der Waals surface area (Å²) in [5.74, 6) is 0.287. The van der Waals surface area contributed by atoms with Crippen LogP contribution in [0.2, 0.25) is 0 Å². The normalized spacial score (nSPS) is 13.1. The predicted octanol–water partition coefficient (Wildman–Crippen LogP) is 9.73. The molecule has 0 bridgehead atoms. The molecule has 2 heterocycles. The molecule has 0 unspecified atom stereocenters. The van der Waals surface area contributed by atoms with Gasteiger partial charge in [0.1, 0.15) is 5.82 Å². The van der Waals surface area contributed by atoms with Crippen LogP contribution in [0, 0.1) is 0 Å². The van der Waals surface area contributed by atoms with E-state index < -0.39 is 18.1 Å². The highest BCUT2D eigenvalue weighted by atomic mass is 15.1. The Morgan fingerprint density at radius 3 is 1.88 bits per heavy atom. The summed E-state index contributed by atoms with van der Waals surface area (Å²) in [6.45, 7) is 0. The summed E-state index contributed by atoms with van der Waals surface area (Å²) in [5.41, 5.74) is 6.29. The smallest absolute Gasteiger partial charge is 0.145 e. The molecule has 0 spiro atoms. The fraction of sp³-hybridized carbons (Fsp3) is 0. The molecule has 0 saturated heterocycles. The molecule has 0 N–H and O–H groups in total. The molecular weight excluding hydrogens is 498 g/mol. The molecular formula is C38H25N3. The average molecular weight is 529 g/mol. The van der Waals surface area contributed by atoms with Gasteiger partial charge in [0.05, 0.1) is 29.3 Å². The van der Waals surface area contributed by atoms with Crippen molar-refractivity contribution in [3.63, 3.8) is 0 Å². The Labute approximate surface area is 245 Å². The first-order valence-corrected chi connectivity index (χ1v) is 13.4. The zero-order valence-corrected chi connectivity index (χ0v) is 21.9. The van der Waals surface area contributed by atoms with Gasteiger partial charge in [-0.3, -0.25) is 9.55 Å². The zero-order valence-electron chi connectivity index (χ0n) is 26.9. The second kappa shape index (κ2) is 9.58. The number of nitrogens with zero attached hydrogens (tertiary/aromatic N) is 3. The van der Waals surface area contributed by atoms with Crippen molar-refractivity contribution in [2.75, 3.05) is 0 Å². The number of fused-ring (bicyclic) bond motifs is 3. The SMILES string of the molecule is [2H]c1c([2H])c([2H])c(-c2nc3ccccc3n2-c2c3ccccc3c(-c3ccccc3-c3ccccn3)c3ccccc23)c([2H])c1[2H]. The van der Waals surface area contributed by atoms with Gasteiger partial charge in [0, 0.05) is 28.1 Å². The highest BCUT2D eigenvalue weighted by Gasteiger charge is 2.22. The molecule has 41 heavy (non-hydrogen) atoms. The summed E-state index contributed by atoms with van der Waals surface area (Å²) in [6, 6.07) is 36.4.